The van der Waals surface area contributed by atoms with E-state index in [1.54, 1.807) is 0 Å². The first-order chi connectivity index (χ1) is 18.5. The van der Waals surface area contributed by atoms with Crippen molar-refractivity contribution in [3.8, 4) is 5.75 Å². The molecule has 5 heteroatoms. The first kappa shape index (κ1) is 24.8. The first-order valence-corrected chi connectivity index (χ1v) is 13.6. The van der Waals surface area contributed by atoms with Crippen molar-refractivity contribution in [3.05, 3.63) is 135 Å². The molecule has 0 saturated heterocycles. The molecular formula is C33H28Cl2N2O. The van der Waals surface area contributed by atoms with Gasteiger partial charge in [0.25, 0.3) is 0 Å². The highest BCUT2D eigenvalue weighted by Gasteiger charge is 2.37. The SMILES string of the molecule is Cc1ccc2c(c1)[C@@H]1C=CC[C@@H]1[C@H](c1ccc(N=Cc3ccc(OCc4ccccc4Cl)c(Cl)c3)cc1)N2. The van der Waals surface area contributed by atoms with Gasteiger partial charge >= 0.3 is 0 Å². The van der Waals surface area contributed by atoms with Crippen molar-refractivity contribution in [2.75, 3.05) is 5.32 Å². The molecule has 1 N–H and O–H groups in total. The van der Waals surface area contributed by atoms with Gasteiger partial charge in [0.05, 0.1) is 16.8 Å². The minimum Gasteiger partial charge on any atom is -0.487 e. The summed E-state index contributed by atoms with van der Waals surface area (Å²) in [6.07, 6.45) is 7.63. The van der Waals surface area contributed by atoms with Gasteiger partial charge in [-0.2, -0.15) is 0 Å². The molecule has 0 fully saturated rings. The monoisotopic (exact) mass is 538 g/mol. The Morgan fingerprint density at radius 3 is 2.61 bits per heavy atom. The van der Waals surface area contributed by atoms with Crippen LogP contribution in [-0.2, 0) is 6.61 Å². The van der Waals surface area contributed by atoms with Crippen LogP contribution in [0.15, 0.2) is 102 Å². The number of nitrogens with one attached hydrogen (secondary N) is 1. The maximum atomic E-state index is 6.48. The second kappa shape index (κ2) is 10.7. The van der Waals surface area contributed by atoms with Gasteiger partial charge in [-0.1, -0.05) is 83.4 Å². The number of anilines is 1. The molecule has 1 heterocycles. The molecule has 0 radical (unpaired) electrons. The lowest BCUT2D eigenvalue weighted by atomic mass is 9.76. The summed E-state index contributed by atoms with van der Waals surface area (Å²) < 4.78 is 5.88. The van der Waals surface area contributed by atoms with Crippen molar-refractivity contribution < 1.29 is 4.74 Å². The molecule has 0 saturated carbocycles. The van der Waals surface area contributed by atoms with Crippen LogP contribution >= 0.6 is 23.2 Å². The minimum atomic E-state index is 0.278. The summed E-state index contributed by atoms with van der Waals surface area (Å²) in [7, 11) is 0. The molecule has 4 aromatic rings. The summed E-state index contributed by atoms with van der Waals surface area (Å²) in [4.78, 5) is 4.68. The lowest BCUT2D eigenvalue weighted by molar-refractivity contribution is 0.306. The van der Waals surface area contributed by atoms with Crippen LogP contribution in [0.5, 0.6) is 5.75 Å². The van der Waals surface area contributed by atoms with Gasteiger partial charge in [0.2, 0.25) is 0 Å². The number of halogens is 2. The van der Waals surface area contributed by atoms with Gasteiger partial charge in [0.15, 0.2) is 0 Å². The maximum Gasteiger partial charge on any atom is 0.138 e. The van der Waals surface area contributed by atoms with Gasteiger partial charge in [0.1, 0.15) is 12.4 Å². The van der Waals surface area contributed by atoms with Gasteiger partial charge in [-0.25, -0.2) is 0 Å². The van der Waals surface area contributed by atoms with E-state index in [-0.39, 0.29) is 6.04 Å². The van der Waals surface area contributed by atoms with E-state index in [9.17, 15) is 0 Å². The van der Waals surface area contributed by atoms with Crippen LogP contribution in [-0.4, -0.2) is 6.21 Å². The predicted molar refractivity (Wildman–Crippen MR) is 158 cm³/mol. The standard InChI is InChI=1S/C33H28Cl2N2O/c1-21-9-15-31-28(17-21)26-6-4-7-27(26)33(37-31)23-11-13-25(14-12-23)36-19-22-10-16-32(30(35)18-22)38-20-24-5-2-3-8-29(24)34/h2-6,8-19,26-27,33,37H,7,20H2,1H3/t26-,27+,33+/m1/s1. The predicted octanol–water partition coefficient (Wildman–Crippen LogP) is 9.46. The molecule has 190 valence electrons. The molecule has 0 bridgehead atoms. The van der Waals surface area contributed by atoms with Crippen LogP contribution in [0.4, 0.5) is 11.4 Å². The number of allylic oxidation sites excluding steroid dienone is 2. The zero-order valence-corrected chi connectivity index (χ0v) is 22.6. The molecule has 3 atom stereocenters. The Bertz CT molecular complexity index is 1530. The van der Waals surface area contributed by atoms with E-state index in [0.29, 0.717) is 34.2 Å². The quantitative estimate of drug-likeness (QED) is 0.196. The van der Waals surface area contributed by atoms with Gasteiger partial charge in [-0.15, -0.1) is 0 Å². The average molecular weight is 540 g/mol. The van der Waals surface area contributed by atoms with Crippen molar-refractivity contribution >= 4 is 40.8 Å². The molecule has 6 rings (SSSR count). The summed E-state index contributed by atoms with van der Waals surface area (Å²) in [6, 6.07) is 28.9. The van der Waals surface area contributed by atoms with E-state index in [4.69, 9.17) is 27.9 Å². The minimum absolute atomic E-state index is 0.278. The lowest BCUT2D eigenvalue weighted by Gasteiger charge is -2.37. The molecular weight excluding hydrogens is 511 g/mol. The average Bonchev–Trinajstić information content (AvgIpc) is 3.43. The molecule has 1 aliphatic carbocycles. The van der Waals surface area contributed by atoms with Crippen LogP contribution in [0.2, 0.25) is 10.0 Å². The highest BCUT2D eigenvalue weighted by Crippen LogP contribution is 2.50. The molecule has 0 amide bonds. The van der Waals surface area contributed by atoms with Gasteiger partial charge < -0.3 is 10.1 Å². The van der Waals surface area contributed by atoms with Crippen LogP contribution in [0, 0.1) is 12.8 Å². The normalized spacial score (nSPS) is 19.7. The maximum absolute atomic E-state index is 6.48. The van der Waals surface area contributed by atoms with E-state index in [1.807, 2.05) is 48.7 Å². The Hall–Kier alpha value is -3.53. The topological polar surface area (TPSA) is 33.6 Å². The van der Waals surface area contributed by atoms with Crippen LogP contribution in [0.1, 0.15) is 46.2 Å². The van der Waals surface area contributed by atoms with Gasteiger partial charge in [0, 0.05) is 28.4 Å². The Balaban J connectivity index is 1.13. The smallest absolute Gasteiger partial charge is 0.138 e. The largest absolute Gasteiger partial charge is 0.487 e. The Morgan fingerprint density at radius 1 is 0.947 bits per heavy atom. The third-order valence-electron chi connectivity index (χ3n) is 7.43. The molecule has 38 heavy (non-hydrogen) atoms. The number of benzene rings is 4. The number of hydrogen-bond donors (Lipinski definition) is 1. The molecule has 0 aromatic heterocycles. The molecule has 0 unspecified atom stereocenters. The highest BCUT2D eigenvalue weighted by molar-refractivity contribution is 6.32. The Labute approximate surface area is 233 Å². The first-order valence-electron chi connectivity index (χ1n) is 12.9. The second-order valence-electron chi connectivity index (χ2n) is 9.99. The molecule has 0 spiro atoms. The lowest BCUT2D eigenvalue weighted by Crippen LogP contribution is -2.29. The molecule has 2 aliphatic rings. The summed E-state index contributed by atoms with van der Waals surface area (Å²) in [5.41, 5.74) is 7.98. The summed E-state index contributed by atoms with van der Waals surface area (Å²) >= 11 is 12.7. The third kappa shape index (κ3) is 5.09. The van der Waals surface area contributed by atoms with E-state index < -0.39 is 0 Å². The molecule has 1 aliphatic heterocycles. The summed E-state index contributed by atoms with van der Waals surface area (Å²) in [5, 5.41) is 5.03. The number of ether oxygens (including phenoxy) is 1. The fourth-order valence-electron chi connectivity index (χ4n) is 5.45. The number of nitrogens with zero attached hydrogens (tertiary/aromatic N) is 1. The van der Waals surface area contributed by atoms with E-state index >= 15 is 0 Å². The fourth-order valence-corrected chi connectivity index (χ4v) is 5.88. The van der Waals surface area contributed by atoms with Gasteiger partial charge in [-0.05, 0) is 78.4 Å². The summed E-state index contributed by atoms with van der Waals surface area (Å²) in [5.74, 6) is 1.61. The van der Waals surface area contributed by atoms with Crippen LogP contribution in [0.3, 0.4) is 0 Å². The summed E-state index contributed by atoms with van der Waals surface area (Å²) in [6.45, 7) is 2.52. The number of fused-ring (bicyclic) bond motifs is 3. The molecule has 3 nitrogen and oxygen atoms in total. The number of rotatable bonds is 6. The van der Waals surface area contributed by atoms with Gasteiger partial charge in [-0.3, -0.25) is 4.99 Å². The van der Waals surface area contributed by atoms with Crippen molar-refractivity contribution in [2.24, 2.45) is 10.9 Å². The second-order valence-corrected chi connectivity index (χ2v) is 10.8. The van der Waals surface area contributed by atoms with E-state index in [2.05, 4.69) is 71.8 Å². The fraction of sp³-hybridized carbons (Fsp3) is 0.182. The van der Waals surface area contributed by atoms with E-state index in [0.717, 1.165) is 23.2 Å². The van der Waals surface area contributed by atoms with Crippen molar-refractivity contribution in [2.45, 2.75) is 31.9 Å². The van der Waals surface area contributed by atoms with Crippen molar-refractivity contribution in [1.29, 1.82) is 0 Å². The highest BCUT2D eigenvalue weighted by atomic mass is 35.5. The number of aryl methyl sites for hydroxylation is 1. The zero-order chi connectivity index (χ0) is 26.1. The zero-order valence-electron chi connectivity index (χ0n) is 21.1. The van der Waals surface area contributed by atoms with E-state index in [1.165, 1.54) is 22.4 Å². The third-order valence-corrected chi connectivity index (χ3v) is 8.09. The van der Waals surface area contributed by atoms with Crippen LogP contribution < -0.4 is 10.1 Å². The number of aliphatic imine (C=N–C) groups is 1. The Kier molecular flexibility index (Phi) is 6.97. The van der Waals surface area contributed by atoms with Crippen molar-refractivity contribution in [3.63, 3.8) is 0 Å². The Morgan fingerprint density at radius 2 is 1.79 bits per heavy atom. The molecule has 4 aromatic carbocycles. The number of hydrogen-bond acceptors (Lipinski definition) is 3. The van der Waals surface area contributed by atoms with Crippen molar-refractivity contribution in [1.82, 2.24) is 0 Å². The van der Waals surface area contributed by atoms with Crippen LogP contribution in [0.25, 0.3) is 0 Å².